The summed E-state index contributed by atoms with van der Waals surface area (Å²) in [6, 6.07) is 16.7. The quantitative estimate of drug-likeness (QED) is 0.560. The highest BCUT2D eigenvalue weighted by atomic mass is 32.1. The Labute approximate surface area is 152 Å². The summed E-state index contributed by atoms with van der Waals surface area (Å²) in [5.74, 6) is 0.0347. The number of hydrogen-bond donors (Lipinski definition) is 1. The zero-order valence-corrected chi connectivity index (χ0v) is 14.2. The SMILES string of the molecule is O=C(Nc1nc2ccc(F)cc2s1)c1cccnc1Oc1ccccc1. The summed E-state index contributed by atoms with van der Waals surface area (Å²) in [5, 5.41) is 3.10. The number of thiazole rings is 1. The molecule has 0 spiro atoms. The molecular weight excluding hydrogens is 353 g/mol. The molecule has 0 atom stereocenters. The zero-order chi connectivity index (χ0) is 17.9. The Morgan fingerprint density at radius 1 is 1.08 bits per heavy atom. The first-order chi connectivity index (χ1) is 12.7. The van der Waals surface area contributed by atoms with Gasteiger partial charge in [-0.2, -0.15) is 0 Å². The van der Waals surface area contributed by atoms with Gasteiger partial charge in [0.1, 0.15) is 17.1 Å². The van der Waals surface area contributed by atoms with E-state index in [-0.39, 0.29) is 17.3 Å². The largest absolute Gasteiger partial charge is 0.438 e. The Morgan fingerprint density at radius 2 is 1.92 bits per heavy atom. The molecule has 1 N–H and O–H groups in total. The molecule has 0 aliphatic heterocycles. The lowest BCUT2D eigenvalue weighted by Gasteiger charge is -2.09. The molecule has 0 aliphatic carbocycles. The lowest BCUT2D eigenvalue weighted by Crippen LogP contribution is -2.13. The second kappa shape index (κ2) is 6.89. The number of aromatic nitrogens is 2. The van der Waals surface area contributed by atoms with E-state index in [1.807, 2.05) is 18.2 Å². The number of fused-ring (bicyclic) bond motifs is 1. The summed E-state index contributed by atoms with van der Waals surface area (Å²) in [4.78, 5) is 21.1. The van der Waals surface area contributed by atoms with E-state index >= 15 is 0 Å². The van der Waals surface area contributed by atoms with Crippen molar-refractivity contribution in [3.63, 3.8) is 0 Å². The van der Waals surface area contributed by atoms with Gasteiger partial charge in [0.2, 0.25) is 5.88 Å². The van der Waals surface area contributed by atoms with Crippen molar-refractivity contribution in [1.82, 2.24) is 9.97 Å². The lowest BCUT2D eigenvalue weighted by atomic mass is 10.2. The van der Waals surface area contributed by atoms with Gasteiger partial charge in [0.05, 0.1) is 10.2 Å². The van der Waals surface area contributed by atoms with Crippen LogP contribution in [0.15, 0.2) is 66.9 Å². The third-order valence-electron chi connectivity index (χ3n) is 3.54. The van der Waals surface area contributed by atoms with Crippen molar-refractivity contribution in [3.8, 4) is 11.6 Å². The maximum absolute atomic E-state index is 13.3. The maximum Gasteiger partial charge on any atom is 0.262 e. The van der Waals surface area contributed by atoms with Gasteiger partial charge in [0, 0.05) is 6.20 Å². The highest BCUT2D eigenvalue weighted by molar-refractivity contribution is 7.22. The van der Waals surface area contributed by atoms with Gasteiger partial charge in [-0.1, -0.05) is 29.5 Å². The van der Waals surface area contributed by atoms with Crippen LogP contribution in [0.4, 0.5) is 9.52 Å². The third kappa shape index (κ3) is 3.38. The van der Waals surface area contributed by atoms with E-state index in [1.54, 1.807) is 36.5 Å². The minimum atomic E-state index is -0.399. The van der Waals surface area contributed by atoms with Gasteiger partial charge < -0.3 is 4.74 Å². The van der Waals surface area contributed by atoms with E-state index in [2.05, 4.69) is 15.3 Å². The molecule has 5 nitrogen and oxygen atoms in total. The number of hydrogen-bond acceptors (Lipinski definition) is 5. The molecule has 4 aromatic rings. The van der Waals surface area contributed by atoms with Crippen LogP contribution in [0.1, 0.15) is 10.4 Å². The number of pyridine rings is 1. The highest BCUT2D eigenvalue weighted by Crippen LogP contribution is 2.28. The van der Waals surface area contributed by atoms with Crippen LogP contribution in [0.5, 0.6) is 11.6 Å². The first kappa shape index (κ1) is 16.2. The number of rotatable bonds is 4. The second-order valence-electron chi connectivity index (χ2n) is 5.36. The molecule has 2 aromatic heterocycles. The second-order valence-corrected chi connectivity index (χ2v) is 6.39. The van der Waals surface area contributed by atoms with Crippen molar-refractivity contribution in [2.45, 2.75) is 0 Å². The van der Waals surface area contributed by atoms with Crippen molar-refractivity contribution in [2.24, 2.45) is 0 Å². The molecule has 4 rings (SSSR count). The Bertz CT molecular complexity index is 1080. The van der Waals surface area contributed by atoms with Crippen LogP contribution >= 0.6 is 11.3 Å². The lowest BCUT2D eigenvalue weighted by molar-refractivity contribution is 0.102. The number of carbonyl (C=O) groups excluding carboxylic acids is 1. The smallest absolute Gasteiger partial charge is 0.262 e. The highest BCUT2D eigenvalue weighted by Gasteiger charge is 2.16. The van der Waals surface area contributed by atoms with Gasteiger partial charge in [0.25, 0.3) is 5.91 Å². The molecule has 7 heteroatoms. The fourth-order valence-corrected chi connectivity index (χ4v) is 3.25. The predicted molar refractivity (Wildman–Crippen MR) is 98.3 cm³/mol. The van der Waals surface area contributed by atoms with Gasteiger partial charge in [-0.15, -0.1) is 0 Å². The van der Waals surface area contributed by atoms with Gasteiger partial charge in [-0.3, -0.25) is 10.1 Å². The van der Waals surface area contributed by atoms with Crippen molar-refractivity contribution < 1.29 is 13.9 Å². The number of anilines is 1. The number of nitrogens with zero attached hydrogens (tertiary/aromatic N) is 2. The summed E-state index contributed by atoms with van der Waals surface area (Å²) in [6.45, 7) is 0. The number of halogens is 1. The molecule has 0 aliphatic rings. The van der Waals surface area contributed by atoms with Crippen molar-refractivity contribution in [1.29, 1.82) is 0 Å². The predicted octanol–water partition coefficient (Wildman–Crippen LogP) is 4.88. The number of amides is 1. The van der Waals surface area contributed by atoms with Gasteiger partial charge in [-0.25, -0.2) is 14.4 Å². The number of benzene rings is 2. The van der Waals surface area contributed by atoms with Crippen LogP contribution in [-0.4, -0.2) is 15.9 Å². The number of carbonyl (C=O) groups is 1. The summed E-state index contributed by atoms with van der Waals surface area (Å²) < 4.78 is 19.7. The zero-order valence-electron chi connectivity index (χ0n) is 13.3. The molecule has 2 heterocycles. The number of para-hydroxylation sites is 1. The summed E-state index contributed by atoms with van der Waals surface area (Å²) >= 11 is 1.20. The molecular formula is C19H12FN3O2S. The van der Waals surface area contributed by atoms with Gasteiger partial charge in [0.15, 0.2) is 5.13 Å². The summed E-state index contributed by atoms with van der Waals surface area (Å²) in [5.41, 5.74) is 0.903. The van der Waals surface area contributed by atoms with E-state index in [1.165, 1.54) is 23.5 Å². The standard InChI is InChI=1S/C19H12FN3O2S/c20-12-8-9-15-16(11-12)26-19(22-15)23-17(24)14-7-4-10-21-18(14)25-13-5-2-1-3-6-13/h1-11H,(H,22,23,24). The van der Waals surface area contributed by atoms with E-state index in [4.69, 9.17) is 4.74 Å². The Kier molecular flexibility index (Phi) is 4.28. The van der Waals surface area contributed by atoms with Crippen molar-refractivity contribution in [3.05, 3.63) is 78.2 Å². The third-order valence-corrected chi connectivity index (χ3v) is 4.48. The van der Waals surface area contributed by atoms with E-state index in [0.717, 1.165) is 0 Å². The summed E-state index contributed by atoms with van der Waals surface area (Å²) in [6.07, 6.45) is 1.55. The fourth-order valence-electron chi connectivity index (χ4n) is 2.36. The van der Waals surface area contributed by atoms with Crippen LogP contribution in [0.25, 0.3) is 10.2 Å². The molecule has 0 saturated carbocycles. The molecule has 0 fully saturated rings. The molecule has 0 radical (unpaired) electrons. The molecule has 2 aromatic carbocycles. The van der Waals surface area contributed by atoms with Gasteiger partial charge >= 0.3 is 0 Å². The Hall–Kier alpha value is -3.32. The Morgan fingerprint density at radius 3 is 2.77 bits per heavy atom. The number of ether oxygens (including phenoxy) is 1. The number of nitrogens with one attached hydrogen (secondary N) is 1. The Balaban J connectivity index is 1.59. The van der Waals surface area contributed by atoms with E-state index in [9.17, 15) is 9.18 Å². The molecule has 128 valence electrons. The average molecular weight is 365 g/mol. The molecule has 1 amide bonds. The van der Waals surface area contributed by atoms with Crippen LogP contribution in [0, 0.1) is 5.82 Å². The van der Waals surface area contributed by atoms with Crippen LogP contribution in [0.2, 0.25) is 0 Å². The normalized spacial score (nSPS) is 10.7. The van der Waals surface area contributed by atoms with Crippen molar-refractivity contribution in [2.75, 3.05) is 5.32 Å². The fraction of sp³-hybridized carbons (Fsp3) is 0. The monoisotopic (exact) mass is 365 g/mol. The maximum atomic E-state index is 13.3. The van der Waals surface area contributed by atoms with Crippen LogP contribution < -0.4 is 10.1 Å². The van der Waals surface area contributed by atoms with Crippen LogP contribution in [0.3, 0.4) is 0 Å². The minimum Gasteiger partial charge on any atom is -0.438 e. The van der Waals surface area contributed by atoms with Crippen molar-refractivity contribution >= 4 is 32.6 Å². The molecule has 0 saturated heterocycles. The van der Waals surface area contributed by atoms with E-state index in [0.29, 0.717) is 21.1 Å². The van der Waals surface area contributed by atoms with Crippen LogP contribution in [-0.2, 0) is 0 Å². The first-order valence-electron chi connectivity index (χ1n) is 7.74. The first-order valence-corrected chi connectivity index (χ1v) is 8.56. The molecule has 0 unspecified atom stereocenters. The van der Waals surface area contributed by atoms with Gasteiger partial charge in [-0.05, 0) is 42.5 Å². The topological polar surface area (TPSA) is 64.1 Å². The average Bonchev–Trinajstić information content (AvgIpc) is 3.04. The summed E-state index contributed by atoms with van der Waals surface area (Å²) in [7, 11) is 0. The van der Waals surface area contributed by atoms with E-state index < -0.39 is 5.91 Å². The molecule has 26 heavy (non-hydrogen) atoms. The molecule has 0 bridgehead atoms. The minimum absolute atomic E-state index is 0.198.